The van der Waals surface area contributed by atoms with Crippen LogP contribution >= 0.6 is 0 Å². The fourth-order valence-electron chi connectivity index (χ4n) is 1.67. The molecule has 1 heterocycles. The van der Waals surface area contributed by atoms with Crippen LogP contribution in [0.1, 0.15) is 28.7 Å². The zero-order chi connectivity index (χ0) is 13.1. The molecule has 1 N–H and O–H groups in total. The molecule has 0 fully saturated rings. The zero-order valence-corrected chi connectivity index (χ0v) is 10.7. The third-order valence-electron chi connectivity index (χ3n) is 2.80. The zero-order valence-electron chi connectivity index (χ0n) is 10.7. The highest BCUT2D eigenvalue weighted by Gasteiger charge is 2.15. The Morgan fingerprint density at radius 2 is 2.17 bits per heavy atom. The van der Waals surface area contributed by atoms with E-state index in [1.807, 2.05) is 32.0 Å². The van der Waals surface area contributed by atoms with Crippen molar-refractivity contribution in [3.63, 3.8) is 0 Å². The Bertz CT molecular complexity index is 575. The molecule has 0 aliphatic carbocycles. The molecular formula is C13H15N3O2. The van der Waals surface area contributed by atoms with Crippen molar-refractivity contribution in [2.24, 2.45) is 0 Å². The molecule has 0 saturated heterocycles. The molecule has 0 radical (unpaired) electrons. The molecule has 0 spiro atoms. The Labute approximate surface area is 105 Å². The lowest BCUT2D eigenvalue weighted by molar-refractivity contribution is 0.0512. The second kappa shape index (κ2) is 5.00. The number of benzene rings is 1. The van der Waals surface area contributed by atoms with E-state index in [2.05, 4.69) is 15.2 Å². The van der Waals surface area contributed by atoms with Crippen molar-refractivity contribution in [1.82, 2.24) is 15.2 Å². The van der Waals surface area contributed by atoms with Gasteiger partial charge in [-0.05, 0) is 31.9 Å². The average molecular weight is 245 g/mol. The molecule has 94 valence electrons. The largest absolute Gasteiger partial charge is 0.460 e. The van der Waals surface area contributed by atoms with Gasteiger partial charge in [-0.3, -0.25) is 5.10 Å². The van der Waals surface area contributed by atoms with Crippen LogP contribution in [-0.2, 0) is 4.74 Å². The van der Waals surface area contributed by atoms with Crippen LogP contribution in [0.5, 0.6) is 0 Å². The highest BCUT2D eigenvalue weighted by molar-refractivity contribution is 5.85. The number of hydrogen-bond donors (Lipinski definition) is 1. The summed E-state index contributed by atoms with van der Waals surface area (Å²) in [7, 11) is 0. The van der Waals surface area contributed by atoms with Crippen LogP contribution < -0.4 is 0 Å². The van der Waals surface area contributed by atoms with Gasteiger partial charge in [-0.25, -0.2) is 9.78 Å². The van der Waals surface area contributed by atoms with Crippen molar-refractivity contribution in [2.75, 3.05) is 6.61 Å². The van der Waals surface area contributed by atoms with Crippen LogP contribution in [0.2, 0.25) is 0 Å². The highest BCUT2D eigenvalue weighted by atomic mass is 16.5. The minimum absolute atomic E-state index is 0.132. The number of aromatic amines is 1. The van der Waals surface area contributed by atoms with Crippen LogP contribution in [0.4, 0.5) is 0 Å². The van der Waals surface area contributed by atoms with E-state index in [-0.39, 0.29) is 5.82 Å². The van der Waals surface area contributed by atoms with E-state index in [1.54, 1.807) is 6.92 Å². The molecule has 0 bridgehead atoms. The SMILES string of the molecule is CCOC(=O)c1nc(-c2cccc(C)c2C)n[nH]1. The Kier molecular flexibility index (Phi) is 3.41. The first-order chi connectivity index (χ1) is 8.63. The first kappa shape index (κ1) is 12.3. The number of carbonyl (C=O) groups excluding carboxylic acids is 1. The van der Waals surface area contributed by atoms with Gasteiger partial charge in [0.2, 0.25) is 5.82 Å². The summed E-state index contributed by atoms with van der Waals surface area (Å²) in [5.41, 5.74) is 3.18. The van der Waals surface area contributed by atoms with Crippen LogP contribution in [-0.4, -0.2) is 27.8 Å². The third kappa shape index (κ3) is 2.25. The number of H-pyrrole nitrogens is 1. The van der Waals surface area contributed by atoms with Gasteiger partial charge in [0.15, 0.2) is 5.82 Å². The number of carbonyl (C=O) groups is 1. The van der Waals surface area contributed by atoms with Gasteiger partial charge in [0.25, 0.3) is 0 Å². The van der Waals surface area contributed by atoms with Crippen molar-refractivity contribution in [3.05, 3.63) is 35.2 Å². The van der Waals surface area contributed by atoms with E-state index in [1.165, 1.54) is 0 Å². The predicted molar refractivity (Wildman–Crippen MR) is 67.2 cm³/mol. The van der Waals surface area contributed by atoms with E-state index in [0.717, 1.165) is 16.7 Å². The van der Waals surface area contributed by atoms with Gasteiger partial charge in [0.1, 0.15) is 0 Å². The van der Waals surface area contributed by atoms with E-state index in [4.69, 9.17) is 4.74 Å². The highest BCUT2D eigenvalue weighted by Crippen LogP contribution is 2.22. The number of rotatable bonds is 3. The number of ether oxygens (including phenoxy) is 1. The minimum atomic E-state index is -0.485. The van der Waals surface area contributed by atoms with Gasteiger partial charge in [0.05, 0.1) is 6.61 Å². The standard InChI is InChI=1S/C13H15N3O2/c1-4-18-13(17)12-14-11(15-16-12)10-7-5-6-8(2)9(10)3/h5-7H,4H2,1-3H3,(H,14,15,16). The summed E-state index contributed by atoms with van der Waals surface area (Å²) in [6.07, 6.45) is 0. The topological polar surface area (TPSA) is 67.9 Å². The summed E-state index contributed by atoms with van der Waals surface area (Å²) in [5, 5.41) is 6.65. The lowest BCUT2D eigenvalue weighted by Crippen LogP contribution is -2.06. The monoisotopic (exact) mass is 245 g/mol. The number of hydrogen-bond acceptors (Lipinski definition) is 4. The van der Waals surface area contributed by atoms with Crippen LogP contribution in [0.3, 0.4) is 0 Å². The molecule has 5 nitrogen and oxygen atoms in total. The Hall–Kier alpha value is -2.17. The normalized spacial score (nSPS) is 10.4. The molecule has 1 aromatic carbocycles. The lowest BCUT2D eigenvalue weighted by Gasteiger charge is -2.03. The second-order valence-electron chi connectivity index (χ2n) is 3.98. The van der Waals surface area contributed by atoms with Gasteiger partial charge in [-0.15, -0.1) is 0 Å². The summed E-state index contributed by atoms with van der Waals surface area (Å²) in [6.45, 7) is 6.10. The van der Waals surface area contributed by atoms with Gasteiger partial charge >= 0.3 is 5.97 Å². The maximum absolute atomic E-state index is 11.5. The smallest absolute Gasteiger partial charge is 0.375 e. The molecule has 2 rings (SSSR count). The second-order valence-corrected chi connectivity index (χ2v) is 3.98. The molecule has 0 aliphatic heterocycles. The Balaban J connectivity index is 2.35. The van der Waals surface area contributed by atoms with Crippen LogP contribution in [0.25, 0.3) is 11.4 Å². The van der Waals surface area contributed by atoms with Crippen LogP contribution in [0, 0.1) is 13.8 Å². The van der Waals surface area contributed by atoms with Crippen molar-refractivity contribution >= 4 is 5.97 Å². The molecule has 0 saturated carbocycles. The molecule has 1 aromatic heterocycles. The fourth-order valence-corrected chi connectivity index (χ4v) is 1.67. The molecule has 0 amide bonds. The van der Waals surface area contributed by atoms with Crippen molar-refractivity contribution < 1.29 is 9.53 Å². The van der Waals surface area contributed by atoms with Crippen molar-refractivity contribution in [2.45, 2.75) is 20.8 Å². The first-order valence-electron chi connectivity index (χ1n) is 5.79. The predicted octanol–water partition coefficient (Wildman–Crippen LogP) is 2.27. The summed E-state index contributed by atoms with van der Waals surface area (Å²) in [5.74, 6) is 0.161. The minimum Gasteiger partial charge on any atom is -0.460 e. The van der Waals surface area contributed by atoms with Crippen LogP contribution in [0.15, 0.2) is 18.2 Å². The molecule has 0 atom stereocenters. The Morgan fingerprint density at radius 1 is 1.39 bits per heavy atom. The fraction of sp³-hybridized carbons (Fsp3) is 0.308. The lowest BCUT2D eigenvalue weighted by atomic mass is 10.0. The van der Waals surface area contributed by atoms with Gasteiger partial charge in [-0.2, -0.15) is 5.10 Å². The number of nitrogens with one attached hydrogen (secondary N) is 1. The van der Waals surface area contributed by atoms with E-state index in [9.17, 15) is 4.79 Å². The molecule has 0 unspecified atom stereocenters. The Morgan fingerprint density at radius 3 is 2.89 bits per heavy atom. The maximum Gasteiger partial charge on any atom is 0.375 e. The first-order valence-corrected chi connectivity index (χ1v) is 5.79. The third-order valence-corrected chi connectivity index (χ3v) is 2.80. The summed E-state index contributed by atoms with van der Waals surface area (Å²) < 4.78 is 4.86. The van der Waals surface area contributed by atoms with Crippen molar-refractivity contribution in [1.29, 1.82) is 0 Å². The molecule has 0 aliphatic rings. The van der Waals surface area contributed by atoms with Gasteiger partial charge < -0.3 is 4.74 Å². The molecular weight excluding hydrogens is 230 g/mol. The number of nitrogens with zero attached hydrogens (tertiary/aromatic N) is 2. The average Bonchev–Trinajstić information content (AvgIpc) is 2.82. The maximum atomic E-state index is 11.5. The van der Waals surface area contributed by atoms with E-state index < -0.39 is 5.97 Å². The van der Waals surface area contributed by atoms with Gasteiger partial charge in [-0.1, -0.05) is 18.2 Å². The number of aromatic nitrogens is 3. The number of esters is 1. The quantitative estimate of drug-likeness (QED) is 0.842. The van der Waals surface area contributed by atoms with E-state index >= 15 is 0 Å². The number of aryl methyl sites for hydroxylation is 1. The molecule has 18 heavy (non-hydrogen) atoms. The summed E-state index contributed by atoms with van der Waals surface area (Å²) in [4.78, 5) is 15.6. The summed E-state index contributed by atoms with van der Waals surface area (Å²) in [6, 6.07) is 5.90. The van der Waals surface area contributed by atoms with Crippen molar-refractivity contribution in [3.8, 4) is 11.4 Å². The summed E-state index contributed by atoms with van der Waals surface area (Å²) >= 11 is 0. The molecule has 2 aromatic rings. The molecule has 5 heteroatoms. The van der Waals surface area contributed by atoms with E-state index in [0.29, 0.717) is 12.4 Å². The van der Waals surface area contributed by atoms with Gasteiger partial charge in [0, 0.05) is 5.56 Å².